The van der Waals surface area contributed by atoms with Gasteiger partial charge in [-0.3, -0.25) is 4.79 Å². The Hall–Kier alpha value is -1.95. The van der Waals surface area contributed by atoms with Crippen molar-refractivity contribution in [3.63, 3.8) is 0 Å². The number of H-pyrrole nitrogens is 3. The molecule has 0 amide bonds. The van der Waals surface area contributed by atoms with E-state index < -0.39 is 0 Å². The number of tetrazole rings is 2. The molecule has 0 saturated carbocycles. The number of aromatic amines is 3. The van der Waals surface area contributed by atoms with E-state index in [1.54, 1.807) is 6.07 Å². The monoisotopic (exact) mass is 379 g/mol. The molecule has 0 fully saturated rings. The average molecular weight is 379 g/mol. The van der Waals surface area contributed by atoms with Crippen LogP contribution in [0.1, 0.15) is 0 Å². The van der Waals surface area contributed by atoms with Crippen molar-refractivity contribution >= 4 is 70.0 Å². The van der Waals surface area contributed by atoms with Gasteiger partial charge in [0.1, 0.15) is 0 Å². The molecule has 3 aromatic rings. The number of pyridine rings is 1. The number of fused-ring (bicyclic) bond motifs is 2. The predicted octanol–water partition coefficient (Wildman–Crippen LogP) is -0.304. The van der Waals surface area contributed by atoms with Gasteiger partial charge in [-0.15, -0.1) is 10.2 Å². The van der Waals surface area contributed by atoms with Crippen LogP contribution >= 0.6 is 0 Å². The first-order valence-electron chi connectivity index (χ1n) is 7.37. The summed E-state index contributed by atoms with van der Waals surface area (Å²) in [5, 5.41) is 28.2. The van der Waals surface area contributed by atoms with Gasteiger partial charge < -0.3 is 4.98 Å². The summed E-state index contributed by atoms with van der Waals surface area (Å²) in [7, 11) is 0. The molecule has 10 nitrogen and oxygen atoms in total. The average Bonchev–Trinajstić information content (AvgIpc) is 3.34. The molecule has 27 heavy (non-hydrogen) atoms. The molecule has 1 aromatic carbocycles. The van der Waals surface area contributed by atoms with E-state index in [1.807, 2.05) is 30.3 Å². The molecule has 2 aliphatic rings. The first-order chi connectivity index (χ1) is 12.3. The molecule has 5 rings (SSSR count). The van der Waals surface area contributed by atoms with Gasteiger partial charge in [-0.1, -0.05) is 12.1 Å². The van der Waals surface area contributed by atoms with Crippen LogP contribution in [0.4, 0.5) is 0 Å². The third-order valence-electron chi connectivity index (χ3n) is 4.04. The molecule has 0 spiro atoms. The standard InChI is InChI=1S/C15H9N9O.2Na.2H/c25-13-9(15-19-23-24-20-15)3-4-11-10(13)5-7-1-2-8(6-12(7)16-11)14-17-21-22-18-14;;;;/h1-6,16H,(H,17,18,21,22)(H,19,20,23,24);;;;. The third-order valence-corrected chi connectivity index (χ3v) is 4.04. The maximum atomic E-state index is 12.8. The molecule has 3 heterocycles. The van der Waals surface area contributed by atoms with Gasteiger partial charge >= 0.3 is 59.1 Å². The van der Waals surface area contributed by atoms with Gasteiger partial charge in [0.05, 0.1) is 5.56 Å². The fourth-order valence-electron chi connectivity index (χ4n) is 2.83. The van der Waals surface area contributed by atoms with Gasteiger partial charge in [-0.2, -0.15) is 0 Å². The van der Waals surface area contributed by atoms with E-state index in [0.29, 0.717) is 22.8 Å². The second kappa shape index (κ2) is 7.97. The predicted molar refractivity (Wildman–Crippen MR) is 102 cm³/mol. The van der Waals surface area contributed by atoms with E-state index in [9.17, 15) is 4.79 Å². The Labute approximate surface area is 195 Å². The zero-order valence-electron chi connectivity index (χ0n) is 12.6. The maximum absolute atomic E-state index is 12.8. The van der Waals surface area contributed by atoms with E-state index in [-0.39, 0.29) is 64.5 Å². The molecule has 0 unspecified atom stereocenters. The number of hydrogen-bond donors (Lipinski definition) is 3. The second-order valence-corrected chi connectivity index (χ2v) is 5.47. The summed E-state index contributed by atoms with van der Waals surface area (Å²) in [6.45, 7) is 0. The number of nitrogens with one attached hydrogen (secondary N) is 3. The van der Waals surface area contributed by atoms with Crippen LogP contribution in [0.5, 0.6) is 0 Å². The quantitative estimate of drug-likeness (QED) is 0.282. The molecule has 0 bridgehead atoms. The Morgan fingerprint density at radius 3 is 2.22 bits per heavy atom. The summed E-state index contributed by atoms with van der Waals surface area (Å²) < 4.78 is 0. The SMILES string of the molecule is O=c1c2cc3ccc(-c4nnn[nH]4)cc3[nH]c-2ccc1-c1nnn[nH]1.[NaH].[NaH]. The van der Waals surface area contributed by atoms with Crippen molar-refractivity contribution < 1.29 is 0 Å². The fraction of sp³-hybridized carbons (Fsp3) is 0. The van der Waals surface area contributed by atoms with Crippen LogP contribution in [0.2, 0.25) is 0 Å². The van der Waals surface area contributed by atoms with Crippen LogP contribution in [-0.4, -0.2) is 105 Å². The Morgan fingerprint density at radius 2 is 1.52 bits per heavy atom. The Balaban J connectivity index is 0.00000105. The number of benzene rings is 2. The van der Waals surface area contributed by atoms with E-state index in [1.165, 1.54) is 0 Å². The summed E-state index contributed by atoms with van der Waals surface area (Å²) in [5.74, 6) is 0.924. The van der Waals surface area contributed by atoms with Crippen LogP contribution in [0.15, 0.2) is 41.2 Å². The molecule has 1 aliphatic heterocycles. The van der Waals surface area contributed by atoms with Crippen molar-refractivity contribution in [1.82, 2.24) is 46.2 Å². The van der Waals surface area contributed by atoms with Gasteiger partial charge in [0.25, 0.3) is 0 Å². The molecule has 124 valence electrons. The molecular weight excluding hydrogens is 368 g/mol. The topological polar surface area (TPSA) is 142 Å². The first kappa shape index (κ1) is 19.8. The summed E-state index contributed by atoms with van der Waals surface area (Å²) in [4.78, 5) is 16.0. The normalized spacial score (nSPS) is 10.5. The van der Waals surface area contributed by atoms with Crippen molar-refractivity contribution in [2.24, 2.45) is 0 Å². The number of rotatable bonds is 2. The summed E-state index contributed by atoms with van der Waals surface area (Å²) in [6, 6.07) is 11.1. The molecule has 12 heteroatoms. The Kier molecular flexibility index (Phi) is 5.84. The van der Waals surface area contributed by atoms with Crippen molar-refractivity contribution in [3.05, 3.63) is 46.6 Å². The minimum atomic E-state index is -0.141. The van der Waals surface area contributed by atoms with E-state index in [2.05, 4.69) is 46.2 Å². The van der Waals surface area contributed by atoms with Gasteiger partial charge in [-0.05, 0) is 50.5 Å². The Morgan fingerprint density at radius 1 is 0.778 bits per heavy atom. The third kappa shape index (κ3) is 3.47. The van der Waals surface area contributed by atoms with E-state index >= 15 is 0 Å². The van der Waals surface area contributed by atoms with Gasteiger partial charge in [0, 0.05) is 22.3 Å². The number of hydrogen-bond acceptors (Lipinski definition) is 7. The van der Waals surface area contributed by atoms with Crippen LogP contribution in [0.3, 0.4) is 0 Å². The molecular formula is C15H11N9Na2O. The zero-order valence-corrected chi connectivity index (χ0v) is 12.6. The summed E-state index contributed by atoms with van der Waals surface area (Å²) in [5.41, 5.74) is 3.29. The first-order valence-corrected chi connectivity index (χ1v) is 7.37. The molecule has 2 aromatic heterocycles. The van der Waals surface area contributed by atoms with Crippen molar-refractivity contribution in [3.8, 4) is 34.0 Å². The van der Waals surface area contributed by atoms with Crippen molar-refractivity contribution in [2.45, 2.75) is 0 Å². The summed E-state index contributed by atoms with van der Waals surface area (Å²) >= 11 is 0. The zero-order chi connectivity index (χ0) is 16.8. The fourth-order valence-corrected chi connectivity index (χ4v) is 2.83. The van der Waals surface area contributed by atoms with Crippen molar-refractivity contribution in [2.75, 3.05) is 0 Å². The van der Waals surface area contributed by atoms with Gasteiger partial charge in [0.2, 0.25) is 0 Å². The van der Waals surface area contributed by atoms with Crippen molar-refractivity contribution in [1.29, 1.82) is 0 Å². The molecule has 0 saturated heterocycles. The van der Waals surface area contributed by atoms with Crippen LogP contribution in [0, 0.1) is 0 Å². The van der Waals surface area contributed by atoms with E-state index in [0.717, 1.165) is 22.2 Å². The Bertz CT molecular complexity index is 1220. The van der Waals surface area contributed by atoms with E-state index in [4.69, 9.17) is 0 Å². The molecule has 1 aliphatic carbocycles. The molecule has 0 atom stereocenters. The minimum absolute atomic E-state index is 0. The number of nitrogens with zero attached hydrogens (tertiary/aromatic N) is 6. The number of aromatic nitrogens is 9. The van der Waals surface area contributed by atoms with Crippen LogP contribution in [0.25, 0.3) is 44.9 Å². The van der Waals surface area contributed by atoms with Gasteiger partial charge in [-0.25, -0.2) is 10.2 Å². The summed E-state index contributed by atoms with van der Waals surface area (Å²) in [6.07, 6.45) is 0. The molecule has 0 radical (unpaired) electrons. The van der Waals surface area contributed by atoms with Gasteiger partial charge in [0.15, 0.2) is 17.1 Å². The van der Waals surface area contributed by atoms with Crippen LogP contribution in [-0.2, 0) is 0 Å². The molecule has 3 N–H and O–H groups in total. The van der Waals surface area contributed by atoms with Crippen LogP contribution < -0.4 is 5.43 Å². The second-order valence-electron chi connectivity index (χ2n) is 5.47.